The number of hydrogen-bond acceptors (Lipinski definition) is 5. The van der Waals surface area contributed by atoms with Crippen molar-refractivity contribution < 1.29 is 13.0 Å². The van der Waals surface area contributed by atoms with E-state index in [4.69, 9.17) is 4.55 Å². The minimum Gasteiger partial charge on any atom is -0.282 e. The van der Waals surface area contributed by atoms with E-state index in [1.165, 1.54) is 18.9 Å². The monoisotopic (exact) mass is 366 g/mol. The van der Waals surface area contributed by atoms with Crippen LogP contribution in [0.25, 0.3) is 0 Å². The summed E-state index contributed by atoms with van der Waals surface area (Å²) in [6, 6.07) is 6.27. The van der Waals surface area contributed by atoms with Crippen LogP contribution in [0.3, 0.4) is 0 Å². The van der Waals surface area contributed by atoms with Gasteiger partial charge in [0.15, 0.2) is 5.82 Å². The van der Waals surface area contributed by atoms with Gasteiger partial charge >= 0.3 is 0 Å². The summed E-state index contributed by atoms with van der Waals surface area (Å²) >= 11 is 0. The van der Waals surface area contributed by atoms with E-state index in [0.29, 0.717) is 11.0 Å². The van der Waals surface area contributed by atoms with Crippen molar-refractivity contribution >= 4 is 10.1 Å². The van der Waals surface area contributed by atoms with Crippen molar-refractivity contribution in [2.24, 2.45) is 11.3 Å². The van der Waals surface area contributed by atoms with Gasteiger partial charge in [-0.15, -0.1) is 5.10 Å². The lowest BCUT2D eigenvalue weighted by Gasteiger charge is -2.29. The smallest absolute Gasteiger partial charge is 0.282 e. The van der Waals surface area contributed by atoms with Crippen LogP contribution >= 0.6 is 0 Å². The Labute approximate surface area is 149 Å². The second-order valence-corrected chi connectivity index (χ2v) is 8.84. The second-order valence-electron chi connectivity index (χ2n) is 7.45. The molecule has 1 aromatic carbocycles. The third-order valence-electron chi connectivity index (χ3n) is 4.61. The molecule has 8 heteroatoms. The van der Waals surface area contributed by atoms with Crippen molar-refractivity contribution in [3.05, 3.63) is 35.7 Å². The van der Waals surface area contributed by atoms with E-state index in [1.807, 2.05) is 4.68 Å². The Balaban J connectivity index is 0.000000186. The topological polar surface area (TPSA) is 98.0 Å². The van der Waals surface area contributed by atoms with Crippen LogP contribution in [0.15, 0.2) is 29.2 Å². The summed E-state index contributed by atoms with van der Waals surface area (Å²) < 4.78 is 31.8. The Kier molecular flexibility index (Phi) is 5.95. The average Bonchev–Trinajstić information content (AvgIpc) is 2.84. The predicted octanol–water partition coefficient (Wildman–Crippen LogP) is 2.91. The number of tetrazole rings is 1. The van der Waals surface area contributed by atoms with Gasteiger partial charge in [0.1, 0.15) is 0 Å². The van der Waals surface area contributed by atoms with Crippen LogP contribution in [0.4, 0.5) is 0 Å². The molecular weight excluding hydrogens is 340 g/mol. The predicted molar refractivity (Wildman–Crippen MR) is 94.7 cm³/mol. The molecule has 0 amide bonds. The molecule has 1 aliphatic rings. The fourth-order valence-electron chi connectivity index (χ4n) is 3.01. The third-order valence-corrected chi connectivity index (χ3v) is 5.62. The molecule has 0 spiro atoms. The number of nitrogens with zero attached hydrogens (tertiary/aromatic N) is 4. The largest absolute Gasteiger partial charge is 0.294 e. The first-order valence-corrected chi connectivity index (χ1v) is 9.81. The molecule has 7 nitrogen and oxygen atoms in total. The minimum atomic E-state index is -4.03. The highest BCUT2D eigenvalue weighted by molar-refractivity contribution is 7.85. The molecule has 3 rings (SSSR count). The van der Waals surface area contributed by atoms with Gasteiger partial charge in [0, 0.05) is 13.0 Å². The molecule has 1 unspecified atom stereocenters. The highest BCUT2D eigenvalue weighted by Crippen LogP contribution is 2.34. The first-order valence-electron chi connectivity index (χ1n) is 8.37. The molecule has 2 heterocycles. The first-order chi connectivity index (χ1) is 11.6. The van der Waals surface area contributed by atoms with Crippen LogP contribution in [0.2, 0.25) is 0 Å². The van der Waals surface area contributed by atoms with Gasteiger partial charge in [0.2, 0.25) is 0 Å². The first kappa shape index (κ1) is 19.5. The van der Waals surface area contributed by atoms with E-state index in [-0.39, 0.29) is 4.90 Å². The molecular formula is C17H26N4O3S. The molecule has 1 aliphatic heterocycles. The maximum atomic E-state index is 10.6. The molecule has 1 atom stereocenters. The number of aryl methyl sites for hydroxylation is 3. The van der Waals surface area contributed by atoms with Crippen molar-refractivity contribution in [1.82, 2.24) is 20.2 Å². The van der Waals surface area contributed by atoms with Crippen LogP contribution in [-0.4, -0.2) is 33.2 Å². The minimum absolute atomic E-state index is 0.0278. The van der Waals surface area contributed by atoms with E-state index in [1.54, 1.807) is 25.1 Å². The number of aromatic nitrogens is 4. The molecule has 25 heavy (non-hydrogen) atoms. The lowest BCUT2D eigenvalue weighted by atomic mass is 9.76. The molecule has 1 aromatic heterocycles. The molecule has 0 radical (unpaired) electrons. The molecule has 0 saturated heterocycles. The Morgan fingerprint density at radius 1 is 1.20 bits per heavy atom. The molecule has 0 saturated carbocycles. The van der Waals surface area contributed by atoms with Crippen LogP contribution in [0.5, 0.6) is 0 Å². The van der Waals surface area contributed by atoms with Crippen molar-refractivity contribution in [2.45, 2.75) is 58.4 Å². The van der Waals surface area contributed by atoms with Gasteiger partial charge in [-0.3, -0.25) is 4.55 Å². The maximum absolute atomic E-state index is 10.6. The van der Waals surface area contributed by atoms with Crippen LogP contribution < -0.4 is 0 Å². The standard InChI is InChI=1S/C10H18N4.C7H8O3S/c1-10(2,3)8-4-5-9-11-12-13-14(9)7-6-8;1-6-4-2-3-5-7(6)11(8,9)10/h8H,4-7H2,1-3H3;2-5H,1H3,(H,8,9,10). The normalized spacial score (nSPS) is 17.9. The van der Waals surface area contributed by atoms with Crippen molar-refractivity contribution in [3.63, 3.8) is 0 Å². The highest BCUT2D eigenvalue weighted by Gasteiger charge is 2.27. The molecule has 0 bridgehead atoms. The quantitative estimate of drug-likeness (QED) is 0.779. The Morgan fingerprint density at radius 3 is 2.44 bits per heavy atom. The third kappa shape index (κ3) is 5.34. The lowest BCUT2D eigenvalue weighted by Crippen LogP contribution is -2.21. The molecule has 0 aliphatic carbocycles. The summed E-state index contributed by atoms with van der Waals surface area (Å²) in [6.07, 6.45) is 3.43. The van der Waals surface area contributed by atoms with Crippen LogP contribution in [0, 0.1) is 18.3 Å². The number of rotatable bonds is 1. The van der Waals surface area contributed by atoms with Gasteiger partial charge in [0.25, 0.3) is 10.1 Å². The molecule has 138 valence electrons. The summed E-state index contributed by atoms with van der Waals surface area (Å²) in [5.41, 5.74) is 0.951. The zero-order chi connectivity index (χ0) is 18.7. The van der Waals surface area contributed by atoms with Crippen molar-refractivity contribution in [2.75, 3.05) is 0 Å². The average molecular weight is 366 g/mol. The van der Waals surface area contributed by atoms with E-state index in [0.717, 1.165) is 24.7 Å². The van der Waals surface area contributed by atoms with Crippen molar-refractivity contribution in [3.8, 4) is 0 Å². The zero-order valence-electron chi connectivity index (χ0n) is 15.2. The molecule has 1 N–H and O–H groups in total. The van der Waals surface area contributed by atoms with Crippen LogP contribution in [-0.2, 0) is 23.1 Å². The van der Waals surface area contributed by atoms with Crippen molar-refractivity contribution in [1.29, 1.82) is 0 Å². The summed E-state index contributed by atoms with van der Waals surface area (Å²) in [6.45, 7) is 9.56. The van der Waals surface area contributed by atoms with E-state index in [2.05, 4.69) is 36.3 Å². The van der Waals surface area contributed by atoms with Gasteiger partial charge in [-0.2, -0.15) is 8.42 Å². The summed E-state index contributed by atoms with van der Waals surface area (Å²) in [5, 5.41) is 11.7. The summed E-state index contributed by atoms with van der Waals surface area (Å²) in [4.78, 5) is -0.0278. The fourth-order valence-corrected chi connectivity index (χ4v) is 3.74. The van der Waals surface area contributed by atoms with Gasteiger partial charge in [-0.1, -0.05) is 39.0 Å². The fraction of sp³-hybridized carbons (Fsp3) is 0.588. The molecule has 0 fully saturated rings. The Bertz CT molecular complexity index is 787. The van der Waals surface area contributed by atoms with E-state index < -0.39 is 10.1 Å². The maximum Gasteiger partial charge on any atom is 0.294 e. The van der Waals surface area contributed by atoms with Gasteiger partial charge in [0.05, 0.1) is 4.90 Å². The zero-order valence-corrected chi connectivity index (χ0v) is 16.0. The van der Waals surface area contributed by atoms with Crippen LogP contribution in [0.1, 0.15) is 45.0 Å². The number of fused-ring (bicyclic) bond motifs is 1. The number of benzene rings is 1. The van der Waals surface area contributed by atoms with Gasteiger partial charge in [-0.25, -0.2) is 4.68 Å². The highest BCUT2D eigenvalue weighted by atomic mass is 32.2. The van der Waals surface area contributed by atoms with Gasteiger partial charge in [-0.05, 0) is 53.2 Å². The lowest BCUT2D eigenvalue weighted by molar-refractivity contribution is 0.210. The SMILES string of the molecule is CC(C)(C)C1CCc2nnnn2CC1.Cc1ccccc1S(=O)(=O)O. The Hall–Kier alpha value is -1.80. The summed E-state index contributed by atoms with van der Waals surface area (Å²) in [5.74, 6) is 1.82. The number of hydrogen-bond donors (Lipinski definition) is 1. The Morgan fingerprint density at radius 2 is 1.88 bits per heavy atom. The second kappa shape index (κ2) is 7.61. The van der Waals surface area contributed by atoms with E-state index >= 15 is 0 Å². The van der Waals surface area contributed by atoms with Gasteiger partial charge < -0.3 is 0 Å². The molecule has 2 aromatic rings. The van der Waals surface area contributed by atoms with E-state index in [9.17, 15) is 8.42 Å². The summed E-state index contributed by atoms with van der Waals surface area (Å²) in [7, 11) is -4.03.